The van der Waals surface area contributed by atoms with Gasteiger partial charge in [0.25, 0.3) is 0 Å². The maximum atomic E-state index is 6.06. The summed E-state index contributed by atoms with van der Waals surface area (Å²) in [5.74, 6) is 0. The molecule has 0 radical (unpaired) electrons. The Morgan fingerprint density at radius 1 is 1.44 bits per heavy atom. The highest BCUT2D eigenvalue weighted by molar-refractivity contribution is 7.09. The Morgan fingerprint density at radius 2 is 2.06 bits per heavy atom. The summed E-state index contributed by atoms with van der Waals surface area (Å²) in [6, 6.07) is 4.82. The van der Waals surface area contributed by atoms with Gasteiger partial charge in [-0.05, 0) is 39.1 Å². The number of rotatable bonds is 5. The van der Waals surface area contributed by atoms with Gasteiger partial charge >= 0.3 is 0 Å². The van der Waals surface area contributed by atoms with Crippen molar-refractivity contribution >= 4 is 23.7 Å². The number of nitrogens with zero attached hydrogens (tertiary/aromatic N) is 1. The van der Waals surface area contributed by atoms with Crippen molar-refractivity contribution in [1.82, 2.24) is 4.90 Å². The first-order valence-corrected chi connectivity index (χ1v) is 6.32. The van der Waals surface area contributed by atoms with Crippen LogP contribution in [0.2, 0.25) is 0 Å². The second-order valence-electron chi connectivity index (χ2n) is 5.07. The lowest BCUT2D eigenvalue weighted by Gasteiger charge is -2.32. The summed E-state index contributed by atoms with van der Waals surface area (Å²) < 4.78 is 0. The Morgan fingerprint density at radius 3 is 2.44 bits per heavy atom. The van der Waals surface area contributed by atoms with Gasteiger partial charge in [-0.3, -0.25) is 4.90 Å². The van der Waals surface area contributed by atoms with Gasteiger partial charge in [0, 0.05) is 29.5 Å². The van der Waals surface area contributed by atoms with Gasteiger partial charge in [-0.2, -0.15) is 0 Å². The molecule has 4 heteroatoms. The van der Waals surface area contributed by atoms with E-state index in [4.69, 9.17) is 5.73 Å². The average molecular weight is 263 g/mol. The van der Waals surface area contributed by atoms with Crippen LogP contribution < -0.4 is 5.73 Å². The zero-order valence-corrected chi connectivity index (χ0v) is 12.2. The first-order valence-electron chi connectivity index (χ1n) is 5.44. The van der Waals surface area contributed by atoms with Crippen molar-refractivity contribution in [2.45, 2.75) is 45.8 Å². The normalized spacial score (nSPS) is 11.9. The maximum absolute atomic E-state index is 6.06. The van der Waals surface area contributed by atoms with Gasteiger partial charge in [-0.15, -0.1) is 23.7 Å². The van der Waals surface area contributed by atoms with Gasteiger partial charge in [0.15, 0.2) is 0 Å². The molecule has 2 nitrogen and oxygen atoms in total. The standard InChI is InChI=1S/C12H22N2S.ClH/c1-10(2)14(9-12(3,4)13)8-11-6-5-7-15-11;/h5-7,10H,8-9,13H2,1-4H3;1H. The van der Waals surface area contributed by atoms with Crippen molar-refractivity contribution in [2.75, 3.05) is 6.54 Å². The molecule has 1 aromatic heterocycles. The Hall–Kier alpha value is -0.0900. The number of halogens is 1. The Kier molecular flexibility index (Phi) is 6.56. The zero-order valence-electron chi connectivity index (χ0n) is 10.6. The maximum Gasteiger partial charge on any atom is 0.0331 e. The van der Waals surface area contributed by atoms with Crippen molar-refractivity contribution in [3.05, 3.63) is 22.4 Å². The quantitative estimate of drug-likeness (QED) is 0.884. The van der Waals surface area contributed by atoms with Gasteiger partial charge < -0.3 is 5.73 Å². The Balaban J connectivity index is 0.00000225. The second kappa shape index (κ2) is 6.60. The SMILES string of the molecule is CC(C)N(Cc1cccs1)CC(C)(C)N.Cl. The zero-order chi connectivity index (χ0) is 11.5. The third kappa shape index (κ3) is 5.85. The fourth-order valence-corrected chi connectivity index (χ4v) is 2.28. The van der Waals surface area contributed by atoms with E-state index in [1.54, 1.807) is 0 Å². The van der Waals surface area contributed by atoms with Crippen LogP contribution in [0.4, 0.5) is 0 Å². The molecular formula is C12H23ClN2S. The molecule has 16 heavy (non-hydrogen) atoms. The number of nitrogens with two attached hydrogens (primary N) is 1. The van der Waals surface area contributed by atoms with Crippen LogP contribution in [0.1, 0.15) is 32.6 Å². The van der Waals surface area contributed by atoms with Crippen LogP contribution in [0.15, 0.2) is 17.5 Å². The smallest absolute Gasteiger partial charge is 0.0331 e. The van der Waals surface area contributed by atoms with Crippen LogP contribution in [0.25, 0.3) is 0 Å². The van der Waals surface area contributed by atoms with E-state index in [-0.39, 0.29) is 17.9 Å². The molecule has 94 valence electrons. The molecule has 0 saturated heterocycles. The van der Waals surface area contributed by atoms with Gasteiger partial charge in [0.1, 0.15) is 0 Å². The van der Waals surface area contributed by atoms with E-state index in [0.717, 1.165) is 13.1 Å². The lowest BCUT2D eigenvalue weighted by Crippen LogP contribution is -2.47. The monoisotopic (exact) mass is 262 g/mol. The van der Waals surface area contributed by atoms with Crippen LogP contribution in [0.5, 0.6) is 0 Å². The molecule has 2 N–H and O–H groups in total. The minimum atomic E-state index is -0.123. The van der Waals surface area contributed by atoms with Crippen LogP contribution in [0, 0.1) is 0 Å². The molecular weight excluding hydrogens is 240 g/mol. The lowest BCUT2D eigenvalue weighted by atomic mass is 10.1. The van der Waals surface area contributed by atoms with Crippen LogP contribution in [-0.4, -0.2) is 23.0 Å². The minimum Gasteiger partial charge on any atom is -0.324 e. The van der Waals surface area contributed by atoms with E-state index >= 15 is 0 Å². The topological polar surface area (TPSA) is 29.3 Å². The molecule has 0 aliphatic rings. The van der Waals surface area contributed by atoms with Crippen LogP contribution in [0.3, 0.4) is 0 Å². The Labute approximate surface area is 109 Å². The lowest BCUT2D eigenvalue weighted by molar-refractivity contribution is 0.176. The molecule has 0 aliphatic heterocycles. The molecule has 0 aromatic carbocycles. The number of hydrogen-bond donors (Lipinski definition) is 1. The molecule has 1 rings (SSSR count). The summed E-state index contributed by atoms with van der Waals surface area (Å²) in [7, 11) is 0. The largest absolute Gasteiger partial charge is 0.324 e. The molecule has 0 fully saturated rings. The molecule has 1 heterocycles. The summed E-state index contributed by atoms with van der Waals surface area (Å²) >= 11 is 1.81. The molecule has 0 atom stereocenters. The van der Waals surface area contributed by atoms with Crippen molar-refractivity contribution in [3.8, 4) is 0 Å². The van der Waals surface area contributed by atoms with Crippen molar-refractivity contribution in [1.29, 1.82) is 0 Å². The summed E-state index contributed by atoms with van der Waals surface area (Å²) in [6.45, 7) is 10.5. The van der Waals surface area contributed by atoms with Gasteiger partial charge in [-0.25, -0.2) is 0 Å². The molecule has 0 amide bonds. The van der Waals surface area contributed by atoms with E-state index in [2.05, 4.69) is 50.1 Å². The molecule has 1 aromatic rings. The predicted octanol–water partition coefficient (Wildman–Crippen LogP) is 3.12. The third-order valence-electron chi connectivity index (χ3n) is 2.28. The van der Waals surface area contributed by atoms with E-state index in [9.17, 15) is 0 Å². The van der Waals surface area contributed by atoms with E-state index in [0.29, 0.717) is 6.04 Å². The van der Waals surface area contributed by atoms with E-state index in [1.165, 1.54) is 4.88 Å². The van der Waals surface area contributed by atoms with Crippen molar-refractivity contribution < 1.29 is 0 Å². The summed E-state index contributed by atoms with van der Waals surface area (Å²) in [5, 5.41) is 2.13. The summed E-state index contributed by atoms with van der Waals surface area (Å²) in [4.78, 5) is 3.83. The highest BCUT2D eigenvalue weighted by Crippen LogP contribution is 2.15. The molecule has 0 aliphatic carbocycles. The highest BCUT2D eigenvalue weighted by Gasteiger charge is 2.19. The highest BCUT2D eigenvalue weighted by atomic mass is 35.5. The van der Waals surface area contributed by atoms with Crippen molar-refractivity contribution in [3.63, 3.8) is 0 Å². The van der Waals surface area contributed by atoms with Gasteiger partial charge in [-0.1, -0.05) is 6.07 Å². The molecule has 0 spiro atoms. The second-order valence-corrected chi connectivity index (χ2v) is 6.10. The summed E-state index contributed by atoms with van der Waals surface area (Å²) in [6.07, 6.45) is 0. The minimum absolute atomic E-state index is 0. The van der Waals surface area contributed by atoms with Crippen LogP contribution in [-0.2, 0) is 6.54 Å². The fraction of sp³-hybridized carbons (Fsp3) is 0.667. The van der Waals surface area contributed by atoms with E-state index < -0.39 is 0 Å². The van der Waals surface area contributed by atoms with Gasteiger partial charge in [0.2, 0.25) is 0 Å². The Bertz CT molecular complexity index is 278. The molecule has 0 bridgehead atoms. The van der Waals surface area contributed by atoms with Gasteiger partial charge in [0.05, 0.1) is 0 Å². The molecule has 0 unspecified atom stereocenters. The van der Waals surface area contributed by atoms with Crippen molar-refractivity contribution in [2.24, 2.45) is 5.73 Å². The predicted molar refractivity (Wildman–Crippen MR) is 75.4 cm³/mol. The first-order chi connectivity index (χ1) is 6.88. The van der Waals surface area contributed by atoms with E-state index in [1.807, 2.05) is 11.3 Å². The number of thiophene rings is 1. The number of hydrogen-bond acceptors (Lipinski definition) is 3. The average Bonchev–Trinajstić information content (AvgIpc) is 2.52. The first kappa shape index (κ1) is 15.9. The fourth-order valence-electron chi connectivity index (χ4n) is 1.55. The molecule has 0 saturated carbocycles. The summed E-state index contributed by atoms with van der Waals surface area (Å²) in [5.41, 5.74) is 5.94. The third-order valence-corrected chi connectivity index (χ3v) is 3.14. The van der Waals surface area contributed by atoms with Crippen LogP contribution >= 0.6 is 23.7 Å².